The highest BCUT2D eigenvalue weighted by molar-refractivity contribution is 5.84. The summed E-state index contributed by atoms with van der Waals surface area (Å²) in [6.07, 6.45) is 6.02. The standard InChI is InChI=1S/C18H20N2/c1-12(2)14-5-4-6-15(9-14)16-7-8-18-17(10-16)13(3)19-11-20-18/h4-6,9-12H,7-8H2,1-3H3. The Labute approximate surface area is 120 Å². The largest absolute Gasteiger partial charge is 0.241 e. The van der Waals surface area contributed by atoms with Crippen molar-refractivity contribution in [2.75, 3.05) is 0 Å². The first-order valence-corrected chi connectivity index (χ1v) is 7.26. The Bertz CT molecular complexity index is 669. The van der Waals surface area contributed by atoms with Crippen LogP contribution in [0.25, 0.3) is 11.6 Å². The van der Waals surface area contributed by atoms with Crippen molar-refractivity contribution in [2.24, 2.45) is 0 Å². The summed E-state index contributed by atoms with van der Waals surface area (Å²) in [4.78, 5) is 8.71. The number of benzene rings is 1. The minimum Gasteiger partial charge on any atom is -0.241 e. The monoisotopic (exact) mass is 264 g/mol. The number of aryl methyl sites for hydroxylation is 2. The fourth-order valence-electron chi connectivity index (χ4n) is 2.74. The summed E-state index contributed by atoms with van der Waals surface area (Å²) in [7, 11) is 0. The lowest BCUT2D eigenvalue weighted by Crippen LogP contribution is -2.05. The van der Waals surface area contributed by atoms with Gasteiger partial charge in [0.2, 0.25) is 0 Å². The Morgan fingerprint density at radius 3 is 2.75 bits per heavy atom. The first-order chi connectivity index (χ1) is 9.65. The van der Waals surface area contributed by atoms with Crippen LogP contribution in [0.15, 0.2) is 30.6 Å². The number of nitrogens with zero attached hydrogens (tertiary/aromatic N) is 2. The van der Waals surface area contributed by atoms with Crippen LogP contribution in [0.2, 0.25) is 0 Å². The van der Waals surface area contributed by atoms with Gasteiger partial charge in [-0.25, -0.2) is 9.97 Å². The Kier molecular flexibility index (Phi) is 3.39. The van der Waals surface area contributed by atoms with Crippen LogP contribution in [-0.4, -0.2) is 9.97 Å². The number of rotatable bonds is 2. The second-order valence-electron chi connectivity index (χ2n) is 5.77. The van der Waals surface area contributed by atoms with Crippen LogP contribution in [-0.2, 0) is 6.42 Å². The molecular weight excluding hydrogens is 244 g/mol. The van der Waals surface area contributed by atoms with Gasteiger partial charge in [0.05, 0.1) is 5.69 Å². The van der Waals surface area contributed by atoms with E-state index in [-0.39, 0.29) is 0 Å². The molecule has 0 radical (unpaired) electrons. The van der Waals surface area contributed by atoms with Crippen molar-refractivity contribution in [3.63, 3.8) is 0 Å². The van der Waals surface area contributed by atoms with Crippen LogP contribution in [0, 0.1) is 6.92 Å². The number of hydrogen-bond acceptors (Lipinski definition) is 2. The minimum atomic E-state index is 0.566. The second kappa shape index (κ2) is 5.20. The number of aromatic nitrogens is 2. The molecule has 1 aliphatic carbocycles. The highest BCUT2D eigenvalue weighted by Crippen LogP contribution is 2.31. The molecule has 0 bridgehead atoms. The average Bonchev–Trinajstić information content (AvgIpc) is 2.47. The molecule has 0 N–H and O–H groups in total. The molecule has 0 saturated heterocycles. The molecular formula is C18H20N2. The third-order valence-electron chi connectivity index (χ3n) is 4.04. The predicted octanol–water partition coefficient (Wildman–Crippen LogP) is 4.40. The predicted molar refractivity (Wildman–Crippen MR) is 83.5 cm³/mol. The second-order valence-corrected chi connectivity index (χ2v) is 5.77. The third-order valence-corrected chi connectivity index (χ3v) is 4.04. The van der Waals surface area contributed by atoms with E-state index >= 15 is 0 Å². The van der Waals surface area contributed by atoms with E-state index in [1.165, 1.54) is 28.0 Å². The zero-order valence-electron chi connectivity index (χ0n) is 12.4. The zero-order valence-corrected chi connectivity index (χ0v) is 12.4. The molecule has 0 saturated carbocycles. The zero-order chi connectivity index (χ0) is 14.1. The van der Waals surface area contributed by atoms with Gasteiger partial charge in [-0.1, -0.05) is 38.1 Å². The molecule has 1 aromatic heterocycles. The molecule has 3 rings (SSSR count). The van der Waals surface area contributed by atoms with E-state index in [1.807, 2.05) is 0 Å². The van der Waals surface area contributed by atoms with Crippen molar-refractivity contribution in [2.45, 2.75) is 39.5 Å². The molecule has 2 aromatic rings. The molecule has 0 fully saturated rings. The van der Waals surface area contributed by atoms with Crippen LogP contribution in [0.1, 0.15) is 54.3 Å². The Morgan fingerprint density at radius 2 is 1.95 bits per heavy atom. The van der Waals surface area contributed by atoms with Gasteiger partial charge in [-0.2, -0.15) is 0 Å². The molecule has 0 aliphatic heterocycles. The topological polar surface area (TPSA) is 25.8 Å². The lowest BCUT2D eigenvalue weighted by molar-refractivity contribution is 0.864. The van der Waals surface area contributed by atoms with Gasteiger partial charge in [0.25, 0.3) is 0 Å². The van der Waals surface area contributed by atoms with E-state index in [9.17, 15) is 0 Å². The quantitative estimate of drug-likeness (QED) is 0.803. The van der Waals surface area contributed by atoms with Crippen molar-refractivity contribution in [3.8, 4) is 0 Å². The Hall–Kier alpha value is -1.96. The smallest absolute Gasteiger partial charge is 0.115 e. The van der Waals surface area contributed by atoms with Crippen molar-refractivity contribution in [3.05, 3.63) is 58.7 Å². The van der Waals surface area contributed by atoms with Gasteiger partial charge in [-0.05, 0) is 48.5 Å². The van der Waals surface area contributed by atoms with Gasteiger partial charge in [0.1, 0.15) is 6.33 Å². The van der Waals surface area contributed by atoms with Crippen LogP contribution in [0.3, 0.4) is 0 Å². The van der Waals surface area contributed by atoms with Gasteiger partial charge in [0, 0.05) is 11.3 Å². The molecule has 20 heavy (non-hydrogen) atoms. The molecule has 1 heterocycles. The first kappa shape index (κ1) is 13.0. The summed E-state index contributed by atoms with van der Waals surface area (Å²) in [5.41, 5.74) is 7.61. The van der Waals surface area contributed by atoms with Crippen molar-refractivity contribution in [1.82, 2.24) is 9.97 Å². The summed E-state index contributed by atoms with van der Waals surface area (Å²) in [6, 6.07) is 8.90. The van der Waals surface area contributed by atoms with Gasteiger partial charge >= 0.3 is 0 Å². The maximum absolute atomic E-state index is 4.40. The highest BCUT2D eigenvalue weighted by atomic mass is 14.8. The number of hydrogen-bond donors (Lipinski definition) is 0. The SMILES string of the molecule is Cc1ncnc2c1C=C(c1cccc(C(C)C)c1)CC2. The maximum Gasteiger partial charge on any atom is 0.115 e. The van der Waals surface area contributed by atoms with E-state index in [1.54, 1.807) is 6.33 Å². The fraction of sp³-hybridized carbons (Fsp3) is 0.333. The molecule has 2 heteroatoms. The summed E-state index contributed by atoms with van der Waals surface area (Å²) in [5.74, 6) is 0.566. The maximum atomic E-state index is 4.40. The highest BCUT2D eigenvalue weighted by Gasteiger charge is 2.15. The molecule has 1 aliphatic rings. The van der Waals surface area contributed by atoms with Crippen LogP contribution in [0.5, 0.6) is 0 Å². The molecule has 2 nitrogen and oxygen atoms in total. The lowest BCUT2D eigenvalue weighted by Gasteiger charge is -2.18. The Morgan fingerprint density at radius 1 is 1.10 bits per heavy atom. The molecule has 102 valence electrons. The normalized spacial score (nSPS) is 14.1. The summed E-state index contributed by atoms with van der Waals surface area (Å²) >= 11 is 0. The first-order valence-electron chi connectivity index (χ1n) is 7.26. The van der Waals surface area contributed by atoms with Crippen LogP contribution >= 0.6 is 0 Å². The molecule has 0 spiro atoms. The minimum absolute atomic E-state index is 0.566. The molecule has 1 aromatic carbocycles. The molecule has 0 atom stereocenters. The Balaban J connectivity index is 2.04. The van der Waals surface area contributed by atoms with Crippen LogP contribution in [0.4, 0.5) is 0 Å². The summed E-state index contributed by atoms with van der Waals surface area (Å²) < 4.78 is 0. The number of fused-ring (bicyclic) bond motifs is 1. The van der Waals surface area contributed by atoms with E-state index in [4.69, 9.17) is 0 Å². The third kappa shape index (κ3) is 2.38. The molecule has 0 amide bonds. The van der Waals surface area contributed by atoms with Crippen molar-refractivity contribution < 1.29 is 0 Å². The number of allylic oxidation sites excluding steroid dienone is 1. The van der Waals surface area contributed by atoms with Crippen molar-refractivity contribution >= 4 is 11.6 Å². The lowest BCUT2D eigenvalue weighted by atomic mass is 9.89. The van der Waals surface area contributed by atoms with Gasteiger partial charge < -0.3 is 0 Å². The molecule has 0 unspecified atom stereocenters. The van der Waals surface area contributed by atoms with Gasteiger partial charge in [-0.3, -0.25) is 0 Å². The van der Waals surface area contributed by atoms with Crippen LogP contribution < -0.4 is 0 Å². The van der Waals surface area contributed by atoms with Gasteiger partial charge in [0.15, 0.2) is 0 Å². The fourth-order valence-corrected chi connectivity index (χ4v) is 2.74. The van der Waals surface area contributed by atoms with E-state index < -0.39 is 0 Å². The van der Waals surface area contributed by atoms with E-state index in [2.05, 4.69) is 61.1 Å². The summed E-state index contributed by atoms with van der Waals surface area (Å²) in [6.45, 7) is 6.54. The summed E-state index contributed by atoms with van der Waals surface area (Å²) in [5, 5.41) is 0. The average molecular weight is 264 g/mol. The van der Waals surface area contributed by atoms with E-state index in [0.717, 1.165) is 18.5 Å². The van der Waals surface area contributed by atoms with Crippen molar-refractivity contribution in [1.29, 1.82) is 0 Å². The van der Waals surface area contributed by atoms with E-state index in [0.29, 0.717) is 5.92 Å². The van der Waals surface area contributed by atoms with Gasteiger partial charge in [-0.15, -0.1) is 0 Å².